The maximum Gasteiger partial charge on any atom is 0.339 e. The van der Waals surface area contributed by atoms with E-state index in [1.807, 2.05) is 0 Å². The van der Waals surface area contributed by atoms with Gasteiger partial charge in [0.25, 0.3) is 0 Å². The molecule has 0 aliphatic rings. The predicted molar refractivity (Wildman–Crippen MR) is 132 cm³/mol. The minimum Gasteiger partial charge on any atom is -0.465 e. The highest BCUT2D eigenvalue weighted by Gasteiger charge is 2.29. The van der Waals surface area contributed by atoms with Crippen LogP contribution in [0.1, 0.15) is 15.9 Å². The minimum absolute atomic E-state index is 0.0668. The molecule has 0 heterocycles. The maximum atomic E-state index is 13.4. The molecule has 34 heavy (non-hydrogen) atoms. The highest BCUT2D eigenvalue weighted by Crippen LogP contribution is 2.28. The highest BCUT2D eigenvalue weighted by molar-refractivity contribution is 7.89. The van der Waals surface area contributed by atoms with E-state index in [9.17, 15) is 18.0 Å². The first kappa shape index (κ1) is 26.0. The molecule has 3 aromatic carbocycles. The fraction of sp³-hybridized carbons (Fsp3) is 0.130. The van der Waals surface area contributed by atoms with Crippen LogP contribution >= 0.6 is 34.8 Å². The van der Waals surface area contributed by atoms with Crippen molar-refractivity contribution in [3.05, 3.63) is 92.9 Å². The molecule has 0 radical (unpaired) electrons. The first-order valence-corrected chi connectivity index (χ1v) is 12.4. The lowest BCUT2D eigenvalue weighted by atomic mass is 10.2. The molecule has 0 saturated heterocycles. The van der Waals surface area contributed by atoms with Crippen LogP contribution in [0.5, 0.6) is 0 Å². The van der Waals surface area contributed by atoms with Gasteiger partial charge in [0.2, 0.25) is 15.9 Å². The van der Waals surface area contributed by atoms with Crippen LogP contribution in [-0.4, -0.2) is 38.3 Å². The average Bonchev–Trinajstić information content (AvgIpc) is 2.80. The zero-order chi connectivity index (χ0) is 24.9. The number of nitrogens with zero attached hydrogens (tertiary/aromatic N) is 1. The van der Waals surface area contributed by atoms with E-state index in [4.69, 9.17) is 39.5 Å². The Kier molecular flexibility index (Phi) is 8.57. The van der Waals surface area contributed by atoms with Gasteiger partial charge in [0, 0.05) is 27.2 Å². The standard InChI is InChI=1S/C23H19Cl3N2O5S/c1-33-23(30)17-5-2-3-8-21(17)27-22(29)14-28(13-18-19(25)6-4-7-20(18)26)34(31,32)16-11-9-15(24)10-12-16/h2-12H,13-14H2,1H3,(H,27,29). The summed E-state index contributed by atoms with van der Waals surface area (Å²) >= 11 is 18.4. The number of carbonyl (C=O) groups is 2. The summed E-state index contributed by atoms with van der Waals surface area (Å²) in [6, 6.07) is 16.5. The molecule has 1 amide bonds. The number of sulfonamides is 1. The molecular weight excluding hydrogens is 523 g/mol. The molecule has 0 aliphatic heterocycles. The number of benzene rings is 3. The van der Waals surface area contributed by atoms with Crippen LogP contribution in [0.4, 0.5) is 5.69 Å². The van der Waals surface area contributed by atoms with Gasteiger partial charge < -0.3 is 10.1 Å². The predicted octanol–water partition coefficient (Wildman–Crippen LogP) is 5.26. The summed E-state index contributed by atoms with van der Waals surface area (Å²) in [6.45, 7) is -0.850. The number of rotatable bonds is 8. The molecule has 0 bridgehead atoms. The van der Waals surface area contributed by atoms with Crippen LogP contribution in [0.3, 0.4) is 0 Å². The molecule has 0 spiro atoms. The van der Waals surface area contributed by atoms with Gasteiger partial charge in [-0.25, -0.2) is 13.2 Å². The van der Waals surface area contributed by atoms with E-state index in [1.54, 1.807) is 30.3 Å². The van der Waals surface area contributed by atoms with Crippen molar-refractivity contribution in [3.8, 4) is 0 Å². The highest BCUT2D eigenvalue weighted by atomic mass is 35.5. The number of para-hydroxylation sites is 1. The molecule has 0 atom stereocenters. The molecule has 0 aromatic heterocycles. The van der Waals surface area contributed by atoms with E-state index in [0.29, 0.717) is 10.6 Å². The molecule has 0 fully saturated rings. The summed E-state index contributed by atoms with van der Waals surface area (Å²) in [7, 11) is -2.95. The van der Waals surface area contributed by atoms with Crippen LogP contribution in [0.25, 0.3) is 0 Å². The van der Waals surface area contributed by atoms with Crippen LogP contribution in [0.15, 0.2) is 71.6 Å². The zero-order valence-electron chi connectivity index (χ0n) is 17.8. The number of amides is 1. The normalized spacial score (nSPS) is 11.3. The van der Waals surface area contributed by atoms with Crippen molar-refractivity contribution < 1.29 is 22.7 Å². The molecule has 0 unspecified atom stereocenters. The van der Waals surface area contributed by atoms with E-state index in [2.05, 4.69) is 5.32 Å². The Hall–Kier alpha value is -2.62. The third-order valence-electron chi connectivity index (χ3n) is 4.77. The summed E-state index contributed by atoms with van der Waals surface area (Å²) in [5.74, 6) is -1.33. The van der Waals surface area contributed by atoms with E-state index in [-0.39, 0.29) is 32.7 Å². The number of hydrogen-bond donors (Lipinski definition) is 1. The van der Waals surface area contributed by atoms with Gasteiger partial charge in [0.1, 0.15) is 0 Å². The molecule has 11 heteroatoms. The lowest BCUT2D eigenvalue weighted by Gasteiger charge is -2.23. The molecular formula is C23H19Cl3N2O5S. The molecule has 3 rings (SSSR count). The van der Waals surface area contributed by atoms with Crippen molar-refractivity contribution >= 4 is 62.4 Å². The van der Waals surface area contributed by atoms with Crippen molar-refractivity contribution in [3.63, 3.8) is 0 Å². The number of halogens is 3. The third kappa shape index (κ3) is 6.08. The molecule has 1 N–H and O–H groups in total. The second kappa shape index (κ2) is 11.2. The Labute approximate surface area is 212 Å². The fourth-order valence-corrected chi connectivity index (χ4v) is 5.08. The number of hydrogen-bond acceptors (Lipinski definition) is 5. The van der Waals surface area contributed by atoms with Crippen molar-refractivity contribution in [2.45, 2.75) is 11.4 Å². The van der Waals surface area contributed by atoms with Crippen LogP contribution in [0.2, 0.25) is 15.1 Å². The number of carbonyl (C=O) groups excluding carboxylic acids is 2. The molecule has 0 aliphatic carbocycles. The van der Waals surface area contributed by atoms with Crippen molar-refractivity contribution in [1.82, 2.24) is 4.31 Å². The number of methoxy groups -OCH3 is 1. The van der Waals surface area contributed by atoms with Crippen LogP contribution in [0, 0.1) is 0 Å². The number of esters is 1. The van der Waals surface area contributed by atoms with Gasteiger partial charge in [0.15, 0.2) is 0 Å². The molecule has 3 aromatic rings. The summed E-state index contributed by atoms with van der Waals surface area (Å²) < 4.78 is 32.5. The van der Waals surface area contributed by atoms with Gasteiger partial charge in [-0.2, -0.15) is 4.31 Å². The molecule has 0 saturated carbocycles. The van der Waals surface area contributed by atoms with Crippen LogP contribution < -0.4 is 5.32 Å². The molecule has 7 nitrogen and oxygen atoms in total. The second-order valence-electron chi connectivity index (χ2n) is 7.01. The van der Waals surface area contributed by atoms with E-state index in [0.717, 1.165) is 4.31 Å². The van der Waals surface area contributed by atoms with Crippen molar-refractivity contribution in [2.24, 2.45) is 0 Å². The Bertz CT molecular complexity index is 1290. The monoisotopic (exact) mass is 540 g/mol. The molecule has 178 valence electrons. The minimum atomic E-state index is -4.16. The van der Waals surface area contributed by atoms with Gasteiger partial charge in [-0.05, 0) is 48.5 Å². The first-order valence-electron chi connectivity index (χ1n) is 9.79. The Morgan fingerprint density at radius 2 is 1.53 bits per heavy atom. The summed E-state index contributed by atoms with van der Waals surface area (Å²) in [5.41, 5.74) is 0.643. The van der Waals surface area contributed by atoms with Gasteiger partial charge in [-0.3, -0.25) is 4.79 Å². The zero-order valence-corrected chi connectivity index (χ0v) is 20.9. The first-order chi connectivity index (χ1) is 16.1. The lowest BCUT2D eigenvalue weighted by molar-refractivity contribution is -0.116. The Morgan fingerprint density at radius 1 is 0.912 bits per heavy atom. The van der Waals surface area contributed by atoms with Gasteiger partial charge >= 0.3 is 5.97 Å². The van der Waals surface area contributed by atoms with Crippen LogP contribution in [-0.2, 0) is 26.1 Å². The number of ether oxygens (including phenoxy) is 1. The smallest absolute Gasteiger partial charge is 0.339 e. The van der Waals surface area contributed by atoms with Gasteiger partial charge in [-0.1, -0.05) is 53.0 Å². The number of nitrogens with one attached hydrogen (secondary N) is 1. The van der Waals surface area contributed by atoms with Crippen molar-refractivity contribution in [1.29, 1.82) is 0 Å². The Balaban J connectivity index is 1.95. The SMILES string of the molecule is COC(=O)c1ccccc1NC(=O)CN(Cc1c(Cl)cccc1Cl)S(=O)(=O)c1ccc(Cl)cc1. The van der Waals surface area contributed by atoms with Crippen molar-refractivity contribution in [2.75, 3.05) is 19.0 Å². The summed E-state index contributed by atoms with van der Waals surface area (Å²) in [4.78, 5) is 24.9. The van der Waals surface area contributed by atoms with E-state index < -0.39 is 28.4 Å². The largest absolute Gasteiger partial charge is 0.465 e. The average molecular weight is 542 g/mol. The quantitative estimate of drug-likeness (QED) is 0.393. The number of anilines is 1. The van der Waals surface area contributed by atoms with E-state index in [1.165, 1.54) is 43.5 Å². The van der Waals surface area contributed by atoms with E-state index >= 15 is 0 Å². The topological polar surface area (TPSA) is 92.8 Å². The fourth-order valence-electron chi connectivity index (χ4n) is 3.07. The third-order valence-corrected chi connectivity index (χ3v) is 7.54. The van der Waals surface area contributed by atoms with Gasteiger partial charge in [-0.15, -0.1) is 0 Å². The second-order valence-corrected chi connectivity index (χ2v) is 10.2. The lowest BCUT2D eigenvalue weighted by Crippen LogP contribution is -2.38. The van der Waals surface area contributed by atoms with Gasteiger partial charge in [0.05, 0.1) is 29.8 Å². The maximum absolute atomic E-state index is 13.4. The summed E-state index contributed by atoms with van der Waals surface area (Å²) in [6.07, 6.45) is 0. The summed E-state index contributed by atoms with van der Waals surface area (Å²) in [5, 5.41) is 3.43. The Morgan fingerprint density at radius 3 is 2.15 bits per heavy atom.